The molecule has 3 heterocycles. The molecule has 1 amide bonds. The summed E-state index contributed by atoms with van der Waals surface area (Å²) in [6.45, 7) is 5.13. The molecule has 3 rings (SSSR count). The first-order valence-electron chi connectivity index (χ1n) is 22.5. The maximum atomic E-state index is 13.3. The first-order valence-corrected chi connectivity index (χ1v) is 22.5. The van der Waals surface area contributed by atoms with Crippen molar-refractivity contribution in [1.82, 2.24) is 5.32 Å². The lowest BCUT2D eigenvalue weighted by molar-refractivity contribution is -0.304. The second kappa shape index (κ2) is 28.7. The van der Waals surface area contributed by atoms with Crippen LogP contribution in [-0.4, -0.2) is 167 Å². The number of cyclic esters (lactones) is 1. The highest BCUT2D eigenvalue weighted by Gasteiger charge is 2.50. The van der Waals surface area contributed by atoms with Gasteiger partial charge in [0.2, 0.25) is 5.91 Å². The van der Waals surface area contributed by atoms with Crippen LogP contribution in [0, 0.1) is 11.8 Å². The minimum Gasteiger partial charge on any atom is -0.462 e. The van der Waals surface area contributed by atoms with Gasteiger partial charge in [0, 0.05) is 44.6 Å². The Labute approximate surface area is 381 Å². The number of aliphatic hydroxyl groups excluding tert-OH is 9. The lowest BCUT2D eigenvalue weighted by Crippen LogP contribution is -2.59. The Balaban J connectivity index is 1.87. The van der Waals surface area contributed by atoms with Crippen molar-refractivity contribution >= 4 is 11.9 Å². The molecule has 17 atom stereocenters. The molecule has 7 unspecified atom stereocenters. The summed E-state index contributed by atoms with van der Waals surface area (Å²) in [5, 5.41) is 111. The number of aliphatic hydroxyl groups is 10. The van der Waals surface area contributed by atoms with Crippen LogP contribution in [-0.2, 0) is 28.5 Å². The number of ether oxygens (including phenoxy) is 4. The van der Waals surface area contributed by atoms with E-state index in [1.165, 1.54) is 0 Å². The lowest BCUT2D eigenvalue weighted by Gasteiger charge is -2.45. The first kappa shape index (κ1) is 55.9. The fraction of sp³-hybridized carbons (Fsp3) is 0.660. The van der Waals surface area contributed by atoms with Gasteiger partial charge in [-0.3, -0.25) is 9.59 Å². The van der Waals surface area contributed by atoms with Crippen LogP contribution >= 0.6 is 0 Å². The molecule has 18 heteroatoms. The molecule has 0 aromatic heterocycles. The summed E-state index contributed by atoms with van der Waals surface area (Å²) in [4.78, 5) is 25.8. The number of carbonyl (C=O) groups is 2. The second-order valence-electron chi connectivity index (χ2n) is 17.3. The van der Waals surface area contributed by atoms with Gasteiger partial charge >= 0.3 is 5.97 Å². The summed E-state index contributed by atoms with van der Waals surface area (Å²) >= 11 is 0. The lowest BCUT2D eigenvalue weighted by atomic mass is 9.82. The van der Waals surface area contributed by atoms with Crippen molar-refractivity contribution in [3.8, 4) is 0 Å². The van der Waals surface area contributed by atoms with Crippen LogP contribution in [0.25, 0.3) is 0 Å². The van der Waals surface area contributed by atoms with Gasteiger partial charge in [-0.15, -0.1) is 0 Å². The quantitative estimate of drug-likeness (QED) is 0.167. The van der Waals surface area contributed by atoms with Crippen LogP contribution in [0.4, 0.5) is 0 Å². The molecule has 0 aliphatic carbocycles. The Morgan fingerprint density at radius 3 is 1.94 bits per heavy atom. The number of carbonyl (C=O) groups excluding carboxylic acids is 2. The molecule has 0 radical (unpaired) electrons. The van der Waals surface area contributed by atoms with E-state index < -0.39 is 135 Å². The molecule has 2 saturated heterocycles. The molecule has 368 valence electrons. The summed E-state index contributed by atoms with van der Waals surface area (Å²) in [6.07, 6.45) is 6.19. The molecule has 65 heavy (non-hydrogen) atoms. The topological polar surface area (TPSA) is 311 Å². The van der Waals surface area contributed by atoms with Gasteiger partial charge in [0.25, 0.3) is 0 Å². The molecule has 18 nitrogen and oxygen atoms in total. The Bertz CT molecular complexity index is 1640. The van der Waals surface area contributed by atoms with Crippen molar-refractivity contribution in [2.24, 2.45) is 17.6 Å². The van der Waals surface area contributed by atoms with Gasteiger partial charge in [0.15, 0.2) is 12.1 Å². The predicted octanol–water partition coefficient (Wildman–Crippen LogP) is 0.129. The number of hydrogen-bond donors (Lipinski definition) is 12. The van der Waals surface area contributed by atoms with E-state index in [1.54, 1.807) is 68.5 Å². The Morgan fingerprint density at radius 2 is 1.32 bits per heavy atom. The van der Waals surface area contributed by atoms with E-state index in [0.29, 0.717) is 0 Å². The molecule has 0 aromatic rings. The number of allylic oxidation sites excluding steroid dienone is 12. The molecule has 0 spiro atoms. The Morgan fingerprint density at radius 1 is 0.723 bits per heavy atom. The summed E-state index contributed by atoms with van der Waals surface area (Å²) in [5.74, 6) is -5.01. The maximum Gasteiger partial charge on any atom is 0.308 e. The summed E-state index contributed by atoms with van der Waals surface area (Å²) in [6, 6.07) is -1.10. The van der Waals surface area contributed by atoms with Crippen molar-refractivity contribution < 1.29 is 79.6 Å². The molecule has 3 aliphatic rings. The molecule has 0 aromatic carbocycles. The SMILES string of the molecule is CCNC(=O)[C@H]1[C@@H]2CC(O[C@@H]3OC[C@@H](O)[C@H](N)[C@@H]3O)/C=C/C=C/C=C/C=C/C=C/C=C/C=C/[C@H](C)[C@@H](O)C[C@H](C)OC(=O)CC(O)CC(O)CCC(O)C(O)CC(O)CC(O)(C[C@@H]1O)O2. The molecule has 13 N–H and O–H groups in total. The van der Waals surface area contributed by atoms with Gasteiger partial charge in [-0.05, 0) is 33.1 Å². The Kier molecular flexibility index (Phi) is 24.7. The van der Waals surface area contributed by atoms with E-state index >= 15 is 0 Å². The zero-order valence-electron chi connectivity index (χ0n) is 37.6. The van der Waals surface area contributed by atoms with E-state index in [0.717, 1.165) is 0 Å². The predicted molar refractivity (Wildman–Crippen MR) is 239 cm³/mol. The van der Waals surface area contributed by atoms with Crippen LogP contribution in [0.15, 0.2) is 85.1 Å². The van der Waals surface area contributed by atoms with Crippen molar-refractivity contribution in [3.63, 3.8) is 0 Å². The van der Waals surface area contributed by atoms with Gasteiger partial charge in [-0.2, -0.15) is 0 Å². The number of amides is 1. The van der Waals surface area contributed by atoms with Gasteiger partial charge in [0.05, 0.1) is 86.0 Å². The van der Waals surface area contributed by atoms with Gasteiger partial charge in [-0.25, -0.2) is 0 Å². The van der Waals surface area contributed by atoms with E-state index in [4.69, 9.17) is 24.7 Å². The first-order chi connectivity index (χ1) is 30.8. The molecular weight excluding hydrogens is 849 g/mol. The highest BCUT2D eigenvalue weighted by molar-refractivity contribution is 5.80. The third-order valence-corrected chi connectivity index (χ3v) is 11.4. The van der Waals surface area contributed by atoms with Gasteiger partial charge in [0.1, 0.15) is 12.2 Å². The van der Waals surface area contributed by atoms with Crippen LogP contribution in [0.2, 0.25) is 0 Å². The summed E-state index contributed by atoms with van der Waals surface area (Å²) < 4.78 is 23.2. The largest absolute Gasteiger partial charge is 0.462 e. The molecule has 3 aliphatic heterocycles. The van der Waals surface area contributed by atoms with E-state index in [9.17, 15) is 60.7 Å². The fourth-order valence-electron chi connectivity index (χ4n) is 7.80. The van der Waals surface area contributed by atoms with Crippen molar-refractivity contribution in [3.05, 3.63) is 85.1 Å². The fourth-order valence-corrected chi connectivity index (χ4v) is 7.80. The third-order valence-electron chi connectivity index (χ3n) is 11.4. The van der Waals surface area contributed by atoms with Gasteiger partial charge < -0.3 is 81.1 Å². The summed E-state index contributed by atoms with van der Waals surface area (Å²) in [7, 11) is 0. The van der Waals surface area contributed by atoms with E-state index in [1.807, 2.05) is 37.3 Å². The third kappa shape index (κ3) is 20.1. The molecular formula is C47H74N2O16. The van der Waals surface area contributed by atoms with Crippen LogP contribution in [0.1, 0.15) is 78.6 Å². The van der Waals surface area contributed by atoms with E-state index in [-0.39, 0.29) is 51.2 Å². The van der Waals surface area contributed by atoms with Crippen LogP contribution < -0.4 is 11.1 Å². The highest BCUT2D eigenvalue weighted by atomic mass is 16.7. The number of hydrogen-bond acceptors (Lipinski definition) is 17. The minimum absolute atomic E-state index is 0.0846. The number of esters is 1. The van der Waals surface area contributed by atoms with Crippen molar-refractivity contribution in [2.75, 3.05) is 13.2 Å². The number of nitrogens with two attached hydrogens (primary N) is 1. The van der Waals surface area contributed by atoms with Crippen LogP contribution in [0.3, 0.4) is 0 Å². The second-order valence-corrected chi connectivity index (χ2v) is 17.3. The standard InChI is InChI=1S/C47H74N2O16/c1-4-49-45(60)42-38(56)27-47(61)26-33(52)23-37(55)35(53)20-19-31(50)22-32(51)24-41(58)63-30(3)21-36(54)29(2)17-15-13-11-9-7-5-6-8-10-12-14-16-18-34(25-40(42)65-47)64-46-44(59)43(48)39(57)28-62-46/h5-18,29-40,42-44,46,50-57,59,61H,4,19-28,48H2,1-3H3,(H,49,60)/b6-5+,9-7+,10-8+,13-11+,14-12+,17-15+,18-16+/t29-,30-,31?,32?,33?,34?,35?,36-,37?,38-,39+,40-,42+,43-,44-,46-,47?/m0/s1. The highest BCUT2D eigenvalue weighted by Crippen LogP contribution is 2.38. The van der Waals surface area contributed by atoms with E-state index in [2.05, 4.69) is 5.32 Å². The number of rotatable bonds is 4. The molecule has 2 fully saturated rings. The zero-order chi connectivity index (χ0) is 48.1. The zero-order valence-corrected chi connectivity index (χ0v) is 37.6. The van der Waals surface area contributed by atoms with Crippen LogP contribution in [0.5, 0.6) is 0 Å². The van der Waals surface area contributed by atoms with Crippen molar-refractivity contribution in [1.29, 1.82) is 0 Å². The summed E-state index contributed by atoms with van der Waals surface area (Å²) in [5.41, 5.74) is 5.98. The monoisotopic (exact) mass is 923 g/mol. The normalized spacial score (nSPS) is 43.1. The molecule has 2 bridgehead atoms. The molecule has 0 saturated carbocycles. The Hall–Kier alpha value is -3.44. The average Bonchev–Trinajstić information content (AvgIpc) is 3.21. The number of nitrogens with one attached hydrogen (secondary N) is 1. The average molecular weight is 923 g/mol. The number of fused-ring (bicyclic) bond motifs is 2. The minimum atomic E-state index is -2.24. The maximum absolute atomic E-state index is 13.3. The smallest absolute Gasteiger partial charge is 0.308 e. The van der Waals surface area contributed by atoms with Gasteiger partial charge in [-0.1, -0.05) is 92.0 Å². The van der Waals surface area contributed by atoms with Crippen molar-refractivity contribution in [2.45, 2.75) is 170 Å².